The summed E-state index contributed by atoms with van der Waals surface area (Å²) >= 11 is 6.14. The Kier molecular flexibility index (Phi) is 4.96. The van der Waals surface area contributed by atoms with E-state index in [0.717, 1.165) is 12.1 Å². The molecule has 0 saturated heterocycles. The summed E-state index contributed by atoms with van der Waals surface area (Å²) in [6, 6.07) is 17.3. The summed E-state index contributed by atoms with van der Waals surface area (Å²) in [5.41, 5.74) is 1.49. The fraction of sp³-hybridized carbons (Fsp3) is 0.136. The van der Waals surface area contributed by atoms with Crippen LogP contribution in [0.1, 0.15) is 24.2 Å². The third-order valence-electron chi connectivity index (χ3n) is 4.45. The Morgan fingerprint density at radius 3 is 2.55 bits per heavy atom. The van der Waals surface area contributed by atoms with Gasteiger partial charge in [0.25, 0.3) is 0 Å². The van der Waals surface area contributed by atoms with E-state index in [-0.39, 0.29) is 0 Å². The van der Waals surface area contributed by atoms with E-state index in [2.05, 4.69) is 4.98 Å². The Morgan fingerprint density at radius 1 is 1.00 bits per heavy atom. The molecule has 0 aliphatic heterocycles. The average molecular weight is 418 g/mol. The van der Waals surface area contributed by atoms with E-state index in [1.54, 1.807) is 37.3 Å². The molecule has 3 nitrogen and oxygen atoms in total. The lowest BCUT2D eigenvalue weighted by molar-refractivity contribution is -0.137. The molecule has 0 bridgehead atoms. The first-order valence-electron chi connectivity index (χ1n) is 8.80. The van der Waals surface area contributed by atoms with Crippen LogP contribution in [-0.2, 0) is 6.18 Å². The predicted octanol–water partition coefficient (Wildman–Crippen LogP) is 7.31. The van der Waals surface area contributed by atoms with Crippen molar-refractivity contribution in [2.75, 3.05) is 0 Å². The number of fused-ring (bicyclic) bond motifs is 1. The van der Waals surface area contributed by atoms with E-state index in [9.17, 15) is 13.2 Å². The number of alkyl halides is 3. The lowest BCUT2D eigenvalue weighted by Gasteiger charge is -2.18. The molecule has 0 fully saturated rings. The maximum absolute atomic E-state index is 13.0. The molecule has 4 aromatic rings. The molecule has 0 saturated carbocycles. The molecule has 1 aromatic heterocycles. The van der Waals surface area contributed by atoms with Gasteiger partial charge in [0, 0.05) is 5.02 Å². The smallest absolute Gasteiger partial charge is 0.416 e. The molecule has 3 aromatic carbocycles. The van der Waals surface area contributed by atoms with Crippen molar-refractivity contribution >= 4 is 22.7 Å². The minimum atomic E-state index is -4.42. The molecule has 29 heavy (non-hydrogen) atoms. The number of halogens is 4. The van der Waals surface area contributed by atoms with Crippen molar-refractivity contribution in [3.05, 3.63) is 82.9 Å². The zero-order valence-electron chi connectivity index (χ0n) is 15.2. The van der Waals surface area contributed by atoms with Crippen molar-refractivity contribution in [3.63, 3.8) is 0 Å². The molecular weight excluding hydrogens is 403 g/mol. The van der Waals surface area contributed by atoms with Crippen LogP contribution in [-0.4, -0.2) is 4.98 Å². The van der Waals surface area contributed by atoms with E-state index >= 15 is 0 Å². The maximum Gasteiger partial charge on any atom is 0.416 e. The van der Waals surface area contributed by atoms with Crippen LogP contribution in [0.5, 0.6) is 5.75 Å². The molecule has 148 valence electrons. The van der Waals surface area contributed by atoms with E-state index in [1.165, 1.54) is 6.07 Å². The van der Waals surface area contributed by atoms with E-state index < -0.39 is 17.8 Å². The van der Waals surface area contributed by atoms with Gasteiger partial charge in [-0.2, -0.15) is 13.2 Å². The van der Waals surface area contributed by atoms with Crippen LogP contribution in [0, 0.1) is 0 Å². The van der Waals surface area contributed by atoms with Gasteiger partial charge in [-0.25, -0.2) is 4.98 Å². The van der Waals surface area contributed by atoms with Gasteiger partial charge in [0.15, 0.2) is 5.58 Å². The van der Waals surface area contributed by atoms with Crippen molar-refractivity contribution < 1.29 is 22.3 Å². The minimum absolute atomic E-state index is 0.319. The van der Waals surface area contributed by atoms with Gasteiger partial charge in [0.2, 0.25) is 5.89 Å². The van der Waals surface area contributed by atoms with E-state index in [0.29, 0.717) is 38.9 Å². The summed E-state index contributed by atoms with van der Waals surface area (Å²) in [4.78, 5) is 4.46. The molecule has 0 amide bonds. The quantitative estimate of drug-likeness (QED) is 0.349. The number of oxazole rings is 1. The van der Waals surface area contributed by atoms with Gasteiger partial charge in [0.05, 0.1) is 11.1 Å². The zero-order valence-corrected chi connectivity index (χ0v) is 16.0. The Bertz CT molecular complexity index is 1140. The first-order valence-corrected chi connectivity index (χ1v) is 9.18. The van der Waals surface area contributed by atoms with E-state index in [1.807, 2.05) is 18.2 Å². The number of hydrogen-bond donors (Lipinski definition) is 0. The van der Waals surface area contributed by atoms with Crippen LogP contribution in [0.3, 0.4) is 0 Å². The van der Waals surface area contributed by atoms with Crippen LogP contribution in [0.4, 0.5) is 13.2 Å². The number of ether oxygens (including phenoxy) is 1. The van der Waals surface area contributed by atoms with Gasteiger partial charge in [-0.1, -0.05) is 35.9 Å². The molecule has 0 aliphatic carbocycles. The highest BCUT2D eigenvalue weighted by atomic mass is 35.5. The molecular formula is C22H15ClF3NO2. The van der Waals surface area contributed by atoms with Crippen LogP contribution >= 0.6 is 11.6 Å². The zero-order chi connectivity index (χ0) is 20.6. The van der Waals surface area contributed by atoms with Crippen LogP contribution in [0.15, 0.2) is 71.1 Å². The molecule has 1 heterocycles. The molecule has 1 unspecified atom stereocenters. The van der Waals surface area contributed by atoms with Crippen LogP contribution in [0.25, 0.3) is 22.6 Å². The lowest BCUT2D eigenvalue weighted by Crippen LogP contribution is -2.08. The number of nitrogens with zero attached hydrogens (tertiary/aromatic N) is 1. The largest absolute Gasteiger partial charge is 0.485 e. The lowest BCUT2D eigenvalue weighted by atomic mass is 10.1. The first-order chi connectivity index (χ1) is 13.8. The predicted molar refractivity (Wildman–Crippen MR) is 105 cm³/mol. The second kappa shape index (κ2) is 7.44. The fourth-order valence-electron chi connectivity index (χ4n) is 2.99. The standard InChI is InChI=1S/C22H15ClF3NO2/c1-13(14-5-4-6-15(11-14)22(24,25)26)28-19-10-9-16(23)12-17(19)21-27-18-7-2-3-8-20(18)29-21/h2-13H,1H3. The van der Waals surface area contributed by atoms with Gasteiger partial charge in [-0.3, -0.25) is 0 Å². The highest BCUT2D eigenvalue weighted by Gasteiger charge is 2.31. The summed E-state index contributed by atoms with van der Waals surface area (Å²) in [7, 11) is 0. The Morgan fingerprint density at radius 2 is 1.79 bits per heavy atom. The maximum atomic E-state index is 13.0. The van der Waals surface area contributed by atoms with Gasteiger partial charge < -0.3 is 9.15 Å². The van der Waals surface area contributed by atoms with Crippen molar-refractivity contribution in [1.29, 1.82) is 0 Å². The number of rotatable bonds is 4. The Labute approximate surface area is 169 Å². The van der Waals surface area contributed by atoms with Crippen LogP contribution < -0.4 is 4.74 Å². The monoisotopic (exact) mass is 417 g/mol. The van der Waals surface area contributed by atoms with Crippen molar-refractivity contribution in [2.45, 2.75) is 19.2 Å². The summed E-state index contributed by atoms with van der Waals surface area (Å²) in [6.07, 6.45) is -5.05. The third-order valence-corrected chi connectivity index (χ3v) is 4.69. The van der Waals surface area contributed by atoms with E-state index in [4.69, 9.17) is 20.8 Å². The summed E-state index contributed by atoms with van der Waals surface area (Å²) in [5, 5.41) is 0.460. The van der Waals surface area contributed by atoms with Crippen molar-refractivity contribution in [1.82, 2.24) is 4.98 Å². The van der Waals surface area contributed by atoms with Crippen molar-refractivity contribution in [3.8, 4) is 17.2 Å². The minimum Gasteiger partial charge on any atom is -0.485 e. The summed E-state index contributed by atoms with van der Waals surface area (Å²) in [5.74, 6) is 0.728. The Balaban J connectivity index is 1.69. The third kappa shape index (κ3) is 4.07. The topological polar surface area (TPSA) is 35.3 Å². The summed E-state index contributed by atoms with van der Waals surface area (Å²) < 4.78 is 50.8. The summed E-state index contributed by atoms with van der Waals surface area (Å²) in [6.45, 7) is 1.68. The Hall–Kier alpha value is -2.99. The molecule has 0 spiro atoms. The fourth-order valence-corrected chi connectivity index (χ4v) is 3.16. The van der Waals surface area contributed by atoms with Crippen molar-refractivity contribution in [2.24, 2.45) is 0 Å². The molecule has 4 rings (SSSR count). The molecule has 1 atom stereocenters. The van der Waals surface area contributed by atoms with Gasteiger partial charge in [-0.05, 0) is 55.0 Å². The highest BCUT2D eigenvalue weighted by molar-refractivity contribution is 6.30. The number of aromatic nitrogens is 1. The second-order valence-corrected chi connectivity index (χ2v) is 6.95. The second-order valence-electron chi connectivity index (χ2n) is 6.51. The number of benzene rings is 3. The molecule has 0 aliphatic rings. The molecule has 0 N–H and O–H groups in total. The highest BCUT2D eigenvalue weighted by Crippen LogP contribution is 2.37. The molecule has 0 radical (unpaired) electrons. The first kappa shape index (κ1) is 19.3. The SMILES string of the molecule is CC(Oc1ccc(Cl)cc1-c1nc2ccccc2o1)c1cccc(C(F)(F)F)c1. The van der Waals surface area contributed by atoms with Gasteiger partial charge in [0.1, 0.15) is 17.4 Å². The number of hydrogen-bond acceptors (Lipinski definition) is 3. The van der Waals surface area contributed by atoms with Gasteiger partial charge >= 0.3 is 6.18 Å². The van der Waals surface area contributed by atoms with Gasteiger partial charge in [-0.15, -0.1) is 0 Å². The average Bonchev–Trinajstić information content (AvgIpc) is 3.13. The molecule has 7 heteroatoms. The normalized spacial score (nSPS) is 12.9. The number of para-hydroxylation sites is 2. The van der Waals surface area contributed by atoms with Crippen LogP contribution in [0.2, 0.25) is 5.02 Å².